The molecule has 1 atom stereocenters. The third kappa shape index (κ3) is 4.75. The third-order valence-electron chi connectivity index (χ3n) is 4.86. The Balaban J connectivity index is 1.79. The van der Waals surface area contributed by atoms with Crippen LogP contribution in [0.2, 0.25) is 0 Å². The Morgan fingerprint density at radius 2 is 1.89 bits per heavy atom. The molecule has 2 heterocycles. The van der Waals surface area contributed by atoms with Gasteiger partial charge in [-0.2, -0.15) is 0 Å². The largest absolute Gasteiger partial charge is 0.493 e. The smallest absolute Gasteiger partial charge is 0.240 e. The van der Waals surface area contributed by atoms with E-state index < -0.39 is 10.0 Å². The zero-order valence-corrected chi connectivity index (χ0v) is 17.4. The van der Waals surface area contributed by atoms with Gasteiger partial charge in [0, 0.05) is 19.6 Å². The van der Waals surface area contributed by atoms with E-state index in [1.54, 1.807) is 18.4 Å². The van der Waals surface area contributed by atoms with Crippen molar-refractivity contribution in [2.75, 3.05) is 39.5 Å². The topological polar surface area (TPSA) is 81.0 Å². The van der Waals surface area contributed by atoms with Crippen molar-refractivity contribution >= 4 is 10.0 Å². The van der Waals surface area contributed by atoms with Crippen LogP contribution in [0.5, 0.6) is 5.75 Å². The Kier molecular flexibility index (Phi) is 6.77. The molecule has 0 spiro atoms. The number of sulfonamides is 1. The van der Waals surface area contributed by atoms with Crippen LogP contribution in [-0.4, -0.2) is 52.8 Å². The van der Waals surface area contributed by atoms with Crippen molar-refractivity contribution in [2.45, 2.75) is 31.7 Å². The Bertz CT molecular complexity index is 851. The molecule has 7 nitrogen and oxygen atoms in total. The number of hydrogen-bond acceptors (Lipinski definition) is 6. The highest BCUT2D eigenvalue weighted by Gasteiger charge is 2.27. The van der Waals surface area contributed by atoms with E-state index in [0.29, 0.717) is 19.8 Å². The molecule has 1 unspecified atom stereocenters. The second-order valence-corrected chi connectivity index (χ2v) is 8.62. The van der Waals surface area contributed by atoms with Gasteiger partial charge in [0.15, 0.2) is 0 Å². The van der Waals surface area contributed by atoms with E-state index in [1.807, 2.05) is 32.9 Å². The van der Waals surface area contributed by atoms with Gasteiger partial charge >= 0.3 is 0 Å². The fourth-order valence-electron chi connectivity index (χ4n) is 3.49. The quantitative estimate of drug-likeness (QED) is 0.723. The maximum atomic E-state index is 12.9. The van der Waals surface area contributed by atoms with Crippen LogP contribution in [0.3, 0.4) is 0 Å². The summed E-state index contributed by atoms with van der Waals surface area (Å²) in [5, 5.41) is 0. The maximum absolute atomic E-state index is 12.9. The second kappa shape index (κ2) is 9.09. The minimum atomic E-state index is -3.67. The van der Waals surface area contributed by atoms with Crippen LogP contribution in [0.25, 0.3) is 0 Å². The van der Waals surface area contributed by atoms with Crippen molar-refractivity contribution in [3.8, 4) is 5.75 Å². The van der Waals surface area contributed by atoms with Gasteiger partial charge in [0.05, 0.1) is 37.0 Å². The summed E-state index contributed by atoms with van der Waals surface area (Å²) in [6, 6.07) is 6.81. The summed E-state index contributed by atoms with van der Waals surface area (Å²) in [5.74, 6) is 1.48. The fraction of sp³-hybridized carbons (Fsp3) is 0.500. The standard InChI is InChI=1S/C20H28N2O5S/c1-4-26-20-15(2)12-17(13-16(20)3)28(23,24)21-14-18(19-6-5-9-27-19)22-7-10-25-11-8-22/h5-6,9,12-13,18,21H,4,7-8,10-11,14H2,1-3H3. The molecule has 3 rings (SSSR count). The number of aryl methyl sites for hydroxylation is 2. The van der Waals surface area contributed by atoms with E-state index in [4.69, 9.17) is 13.9 Å². The summed E-state index contributed by atoms with van der Waals surface area (Å²) in [6.07, 6.45) is 1.61. The highest BCUT2D eigenvalue weighted by Crippen LogP contribution is 2.27. The number of nitrogens with zero attached hydrogens (tertiary/aromatic N) is 1. The van der Waals surface area contributed by atoms with Crippen molar-refractivity contribution in [3.63, 3.8) is 0 Å². The first-order valence-corrected chi connectivity index (χ1v) is 11.0. The normalized spacial score (nSPS) is 16.8. The van der Waals surface area contributed by atoms with E-state index in [1.165, 1.54) is 0 Å². The van der Waals surface area contributed by atoms with Gasteiger partial charge < -0.3 is 13.9 Å². The number of ether oxygens (including phenoxy) is 2. The Morgan fingerprint density at radius 1 is 1.21 bits per heavy atom. The number of morpholine rings is 1. The predicted molar refractivity (Wildman–Crippen MR) is 106 cm³/mol. The average Bonchev–Trinajstić information content (AvgIpc) is 3.20. The van der Waals surface area contributed by atoms with Crippen molar-refractivity contribution < 1.29 is 22.3 Å². The summed E-state index contributed by atoms with van der Waals surface area (Å²) < 4.78 is 45.2. The fourth-order valence-corrected chi connectivity index (χ4v) is 4.70. The van der Waals surface area contributed by atoms with E-state index in [-0.39, 0.29) is 17.5 Å². The van der Waals surface area contributed by atoms with E-state index >= 15 is 0 Å². The van der Waals surface area contributed by atoms with Crippen molar-refractivity contribution in [1.29, 1.82) is 0 Å². The molecule has 1 aromatic heterocycles. The molecule has 0 bridgehead atoms. The van der Waals surface area contributed by atoms with Gasteiger partial charge in [-0.15, -0.1) is 0 Å². The Morgan fingerprint density at radius 3 is 2.46 bits per heavy atom. The van der Waals surface area contributed by atoms with Gasteiger partial charge in [0.25, 0.3) is 0 Å². The summed E-state index contributed by atoms with van der Waals surface area (Å²) in [7, 11) is -3.67. The zero-order chi connectivity index (χ0) is 20.1. The van der Waals surface area contributed by atoms with E-state index in [9.17, 15) is 8.42 Å². The average molecular weight is 409 g/mol. The predicted octanol–water partition coefficient (Wildman–Crippen LogP) is 2.65. The van der Waals surface area contributed by atoms with Gasteiger partial charge in [0.1, 0.15) is 11.5 Å². The molecule has 1 aliphatic heterocycles. The Hall–Kier alpha value is -1.87. The van der Waals surface area contributed by atoms with Crippen LogP contribution in [-0.2, 0) is 14.8 Å². The van der Waals surface area contributed by atoms with Gasteiger partial charge in [-0.1, -0.05) is 0 Å². The lowest BCUT2D eigenvalue weighted by molar-refractivity contribution is 0.0128. The number of hydrogen-bond donors (Lipinski definition) is 1. The molecule has 28 heavy (non-hydrogen) atoms. The molecule has 1 fully saturated rings. The number of rotatable bonds is 8. The third-order valence-corrected chi connectivity index (χ3v) is 6.26. The molecule has 0 aliphatic carbocycles. The van der Waals surface area contributed by atoms with Gasteiger partial charge in [-0.05, 0) is 56.2 Å². The first-order chi connectivity index (χ1) is 13.4. The molecular formula is C20H28N2O5S. The van der Waals surface area contributed by atoms with Crippen molar-refractivity contribution in [3.05, 3.63) is 47.4 Å². The lowest BCUT2D eigenvalue weighted by Crippen LogP contribution is -2.43. The van der Waals surface area contributed by atoms with Crippen molar-refractivity contribution in [2.24, 2.45) is 0 Å². The van der Waals surface area contributed by atoms with Crippen LogP contribution < -0.4 is 9.46 Å². The summed E-state index contributed by atoms with van der Waals surface area (Å²) in [6.45, 7) is 9.10. The van der Waals surface area contributed by atoms with Gasteiger partial charge in [-0.3, -0.25) is 4.90 Å². The van der Waals surface area contributed by atoms with Crippen LogP contribution in [0.15, 0.2) is 39.8 Å². The minimum absolute atomic E-state index is 0.182. The molecule has 1 aliphatic rings. The molecule has 8 heteroatoms. The van der Waals surface area contributed by atoms with Crippen LogP contribution >= 0.6 is 0 Å². The highest BCUT2D eigenvalue weighted by atomic mass is 32.2. The molecule has 154 valence electrons. The zero-order valence-electron chi connectivity index (χ0n) is 16.6. The lowest BCUT2D eigenvalue weighted by atomic mass is 10.1. The van der Waals surface area contributed by atoms with Crippen molar-refractivity contribution in [1.82, 2.24) is 9.62 Å². The monoisotopic (exact) mass is 408 g/mol. The first-order valence-electron chi connectivity index (χ1n) is 9.51. The summed E-state index contributed by atoms with van der Waals surface area (Å²) >= 11 is 0. The first kappa shape index (κ1) is 20.9. The Labute approximate surface area is 166 Å². The summed E-state index contributed by atoms with van der Waals surface area (Å²) in [5.41, 5.74) is 1.61. The second-order valence-electron chi connectivity index (χ2n) is 6.85. The van der Waals surface area contributed by atoms with Gasteiger partial charge in [-0.25, -0.2) is 13.1 Å². The molecule has 0 saturated carbocycles. The maximum Gasteiger partial charge on any atom is 0.240 e. The van der Waals surface area contributed by atoms with Crippen LogP contribution in [0.4, 0.5) is 0 Å². The SMILES string of the molecule is CCOc1c(C)cc(S(=O)(=O)NCC(c2ccco2)N2CCOCC2)cc1C. The molecule has 1 saturated heterocycles. The van der Waals surface area contributed by atoms with E-state index in [0.717, 1.165) is 35.7 Å². The lowest BCUT2D eigenvalue weighted by Gasteiger charge is -2.33. The van der Waals surface area contributed by atoms with Crippen LogP contribution in [0.1, 0.15) is 29.9 Å². The van der Waals surface area contributed by atoms with Crippen LogP contribution in [0, 0.1) is 13.8 Å². The van der Waals surface area contributed by atoms with Gasteiger partial charge in [0.2, 0.25) is 10.0 Å². The molecule has 2 aromatic rings. The minimum Gasteiger partial charge on any atom is -0.493 e. The molecular weight excluding hydrogens is 380 g/mol. The molecule has 0 radical (unpaired) electrons. The number of furan rings is 1. The molecule has 1 N–H and O–H groups in total. The number of nitrogens with one attached hydrogen (secondary N) is 1. The molecule has 0 amide bonds. The highest BCUT2D eigenvalue weighted by molar-refractivity contribution is 7.89. The molecule has 1 aromatic carbocycles. The number of benzene rings is 1. The summed E-state index contributed by atoms with van der Waals surface area (Å²) in [4.78, 5) is 2.42. The van der Waals surface area contributed by atoms with E-state index in [2.05, 4.69) is 9.62 Å².